The summed E-state index contributed by atoms with van der Waals surface area (Å²) in [4.78, 5) is 4.13. The van der Waals surface area contributed by atoms with Crippen LogP contribution in [0.3, 0.4) is 0 Å². The van der Waals surface area contributed by atoms with Crippen LogP contribution in [0.15, 0.2) is 84.0 Å². The summed E-state index contributed by atoms with van der Waals surface area (Å²) in [5, 5.41) is 0. The molecule has 0 saturated carbocycles. The van der Waals surface area contributed by atoms with Crippen molar-refractivity contribution < 1.29 is 12.8 Å². The lowest BCUT2D eigenvalue weighted by molar-refractivity contribution is 0.571. The summed E-state index contributed by atoms with van der Waals surface area (Å²) in [5.74, 6) is -0.377. The molecule has 6 heteroatoms. The van der Waals surface area contributed by atoms with Crippen LogP contribution in [0.25, 0.3) is 0 Å². The van der Waals surface area contributed by atoms with Crippen molar-refractivity contribution in [3.05, 3.63) is 96.1 Å². The Morgan fingerprint density at radius 2 is 1.42 bits per heavy atom. The molecule has 1 atom stereocenters. The standard InChI is InChI=1S/C18H15FN2O2S/c19-16-8-6-14(7-9-16)18(15-10-12-20-13-11-15)21-24(22,23)17-4-2-1-3-5-17/h1-13,18,21H. The topological polar surface area (TPSA) is 59.1 Å². The zero-order valence-electron chi connectivity index (χ0n) is 12.6. The van der Waals surface area contributed by atoms with E-state index in [-0.39, 0.29) is 10.7 Å². The van der Waals surface area contributed by atoms with E-state index in [9.17, 15) is 12.8 Å². The van der Waals surface area contributed by atoms with Gasteiger partial charge in [0, 0.05) is 12.4 Å². The zero-order valence-corrected chi connectivity index (χ0v) is 13.4. The van der Waals surface area contributed by atoms with E-state index in [4.69, 9.17) is 0 Å². The Kier molecular flexibility index (Phi) is 4.69. The quantitative estimate of drug-likeness (QED) is 0.774. The normalized spacial score (nSPS) is 12.7. The van der Waals surface area contributed by atoms with Gasteiger partial charge in [-0.2, -0.15) is 4.72 Å². The highest BCUT2D eigenvalue weighted by molar-refractivity contribution is 7.89. The van der Waals surface area contributed by atoms with Crippen molar-refractivity contribution in [1.29, 1.82) is 0 Å². The molecule has 0 aliphatic heterocycles. The summed E-state index contributed by atoms with van der Waals surface area (Å²) in [6, 6.07) is 16.7. The molecule has 24 heavy (non-hydrogen) atoms. The largest absolute Gasteiger partial charge is 0.265 e. The molecule has 122 valence electrons. The van der Waals surface area contributed by atoms with E-state index in [2.05, 4.69) is 9.71 Å². The van der Waals surface area contributed by atoms with Gasteiger partial charge in [0.1, 0.15) is 5.82 Å². The van der Waals surface area contributed by atoms with Crippen LogP contribution >= 0.6 is 0 Å². The van der Waals surface area contributed by atoms with E-state index in [1.807, 2.05) is 0 Å². The number of nitrogens with zero attached hydrogens (tertiary/aromatic N) is 1. The van der Waals surface area contributed by atoms with E-state index in [0.29, 0.717) is 5.56 Å². The summed E-state index contributed by atoms with van der Waals surface area (Å²) in [5.41, 5.74) is 1.36. The van der Waals surface area contributed by atoms with Crippen molar-refractivity contribution in [2.24, 2.45) is 0 Å². The van der Waals surface area contributed by atoms with Gasteiger partial charge in [0.15, 0.2) is 0 Å². The molecule has 0 spiro atoms. The lowest BCUT2D eigenvalue weighted by Crippen LogP contribution is -2.29. The molecule has 2 aromatic carbocycles. The Balaban J connectivity index is 2.01. The van der Waals surface area contributed by atoms with E-state index in [1.54, 1.807) is 54.9 Å². The number of rotatable bonds is 5. The zero-order chi connectivity index (χ0) is 17.0. The number of nitrogens with one attached hydrogen (secondary N) is 1. The second kappa shape index (κ2) is 6.90. The second-order valence-electron chi connectivity index (χ2n) is 5.20. The number of hydrogen-bond acceptors (Lipinski definition) is 3. The first-order valence-electron chi connectivity index (χ1n) is 7.29. The molecule has 0 radical (unpaired) electrons. The average molecular weight is 342 g/mol. The number of pyridine rings is 1. The summed E-state index contributed by atoms with van der Waals surface area (Å²) >= 11 is 0. The first-order valence-corrected chi connectivity index (χ1v) is 8.77. The van der Waals surface area contributed by atoms with E-state index >= 15 is 0 Å². The molecule has 1 N–H and O–H groups in total. The van der Waals surface area contributed by atoms with Crippen molar-refractivity contribution in [2.45, 2.75) is 10.9 Å². The van der Waals surface area contributed by atoms with Crippen LogP contribution in [0, 0.1) is 5.82 Å². The molecular weight excluding hydrogens is 327 g/mol. The van der Waals surface area contributed by atoms with Crippen molar-refractivity contribution in [1.82, 2.24) is 9.71 Å². The summed E-state index contributed by atoms with van der Waals surface area (Å²) in [7, 11) is -3.73. The Labute approximate surface area is 140 Å². The Hall–Kier alpha value is -2.57. The number of hydrogen-bond donors (Lipinski definition) is 1. The molecule has 3 rings (SSSR count). The van der Waals surface area contributed by atoms with Gasteiger partial charge in [-0.05, 0) is 47.5 Å². The van der Waals surface area contributed by atoms with Gasteiger partial charge >= 0.3 is 0 Å². The fraction of sp³-hybridized carbons (Fsp3) is 0.0556. The first-order chi connectivity index (χ1) is 11.6. The third-order valence-electron chi connectivity index (χ3n) is 3.57. The summed E-state index contributed by atoms with van der Waals surface area (Å²) < 4.78 is 41.2. The molecule has 1 unspecified atom stereocenters. The average Bonchev–Trinajstić information content (AvgIpc) is 2.62. The van der Waals surface area contributed by atoms with Crippen molar-refractivity contribution >= 4 is 10.0 Å². The lowest BCUT2D eigenvalue weighted by Gasteiger charge is -2.19. The Morgan fingerprint density at radius 3 is 2.04 bits per heavy atom. The van der Waals surface area contributed by atoms with Crippen LogP contribution in [0.5, 0.6) is 0 Å². The van der Waals surface area contributed by atoms with Gasteiger partial charge in [-0.25, -0.2) is 12.8 Å². The number of benzene rings is 2. The first kappa shape index (κ1) is 16.3. The number of aromatic nitrogens is 1. The lowest BCUT2D eigenvalue weighted by atomic mass is 10.0. The summed E-state index contributed by atoms with van der Waals surface area (Å²) in [6.07, 6.45) is 3.17. The molecule has 0 aliphatic carbocycles. The molecule has 1 heterocycles. The van der Waals surface area contributed by atoms with Gasteiger partial charge in [-0.3, -0.25) is 4.98 Å². The monoisotopic (exact) mass is 342 g/mol. The third-order valence-corrected chi connectivity index (χ3v) is 5.01. The predicted molar refractivity (Wildman–Crippen MR) is 89.2 cm³/mol. The predicted octanol–water partition coefficient (Wildman–Crippen LogP) is 3.29. The Bertz CT molecular complexity index is 899. The van der Waals surface area contributed by atoms with Crippen LogP contribution in [0.1, 0.15) is 17.2 Å². The van der Waals surface area contributed by atoms with Crippen LogP contribution in [-0.2, 0) is 10.0 Å². The minimum atomic E-state index is -3.73. The highest BCUT2D eigenvalue weighted by atomic mass is 32.2. The molecule has 3 aromatic rings. The minimum Gasteiger partial charge on any atom is -0.265 e. The fourth-order valence-electron chi connectivity index (χ4n) is 2.36. The second-order valence-corrected chi connectivity index (χ2v) is 6.91. The molecule has 0 saturated heterocycles. The maximum atomic E-state index is 13.2. The van der Waals surface area contributed by atoms with Gasteiger partial charge in [-0.1, -0.05) is 30.3 Å². The molecular formula is C18H15FN2O2S. The molecule has 0 bridgehead atoms. The van der Waals surface area contributed by atoms with Gasteiger partial charge in [-0.15, -0.1) is 0 Å². The van der Waals surface area contributed by atoms with Crippen LogP contribution in [-0.4, -0.2) is 13.4 Å². The molecule has 0 aliphatic rings. The molecule has 4 nitrogen and oxygen atoms in total. The number of halogens is 1. The van der Waals surface area contributed by atoms with Gasteiger partial charge in [0.05, 0.1) is 10.9 Å². The SMILES string of the molecule is O=S(=O)(NC(c1ccncc1)c1ccc(F)cc1)c1ccccc1. The number of sulfonamides is 1. The smallest absolute Gasteiger partial charge is 0.241 e. The van der Waals surface area contributed by atoms with Crippen LogP contribution < -0.4 is 4.72 Å². The van der Waals surface area contributed by atoms with Crippen molar-refractivity contribution in [3.63, 3.8) is 0 Å². The van der Waals surface area contributed by atoms with E-state index in [0.717, 1.165) is 5.56 Å². The summed E-state index contributed by atoms with van der Waals surface area (Å²) in [6.45, 7) is 0. The van der Waals surface area contributed by atoms with E-state index in [1.165, 1.54) is 24.3 Å². The highest BCUT2D eigenvalue weighted by Gasteiger charge is 2.22. The van der Waals surface area contributed by atoms with Gasteiger partial charge in [0.25, 0.3) is 0 Å². The highest BCUT2D eigenvalue weighted by Crippen LogP contribution is 2.24. The van der Waals surface area contributed by atoms with E-state index < -0.39 is 16.1 Å². The molecule has 0 amide bonds. The van der Waals surface area contributed by atoms with Crippen LogP contribution in [0.2, 0.25) is 0 Å². The third kappa shape index (κ3) is 3.67. The van der Waals surface area contributed by atoms with Crippen LogP contribution in [0.4, 0.5) is 4.39 Å². The van der Waals surface area contributed by atoms with Gasteiger partial charge < -0.3 is 0 Å². The van der Waals surface area contributed by atoms with Crippen molar-refractivity contribution in [3.8, 4) is 0 Å². The van der Waals surface area contributed by atoms with Gasteiger partial charge in [0.2, 0.25) is 10.0 Å². The Morgan fingerprint density at radius 1 is 0.833 bits per heavy atom. The maximum absolute atomic E-state index is 13.2. The minimum absolute atomic E-state index is 0.172. The molecule has 1 aromatic heterocycles. The molecule has 0 fully saturated rings. The fourth-order valence-corrected chi connectivity index (χ4v) is 3.60. The maximum Gasteiger partial charge on any atom is 0.241 e. The van der Waals surface area contributed by atoms with Crippen molar-refractivity contribution in [2.75, 3.05) is 0 Å².